The summed E-state index contributed by atoms with van der Waals surface area (Å²) >= 11 is 6.21. The number of fused-ring (bicyclic) bond motifs is 3. The van der Waals surface area contributed by atoms with Crippen LogP contribution in [0.1, 0.15) is 33.1 Å². The second kappa shape index (κ2) is 7.03. The van der Waals surface area contributed by atoms with Gasteiger partial charge in [-0.3, -0.25) is 4.79 Å². The van der Waals surface area contributed by atoms with E-state index in [0.29, 0.717) is 11.6 Å². The number of carbonyl (C=O) groups excluding carboxylic acids is 1. The highest BCUT2D eigenvalue weighted by Crippen LogP contribution is 2.40. The summed E-state index contributed by atoms with van der Waals surface area (Å²) in [5, 5.41) is 2.90. The highest BCUT2D eigenvalue weighted by Gasteiger charge is 2.35. The lowest BCUT2D eigenvalue weighted by atomic mass is 9.97. The van der Waals surface area contributed by atoms with E-state index in [-0.39, 0.29) is 38.7 Å². The van der Waals surface area contributed by atoms with Gasteiger partial charge in [-0.1, -0.05) is 11.6 Å². The van der Waals surface area contributed by atoms with Gasteiger partial charge in [0.2, 0.25) is 5.89 Å². The molecule has 10 heteroatoms. The number of nitrogens with zero attached hydrogens (tertiary/aromatic N) is 1. The van der Waals surface area contributed by atoms with E-state index in [2.05, 4.69) is 10.3 Å². The van der Waals surface area contributed by atoms with Crippen molar-refractivity contribution in [1.82, 2.24) is 10.3 Å². The molecule has 162 valence electrons. The summed E-state index contributed by atoms with van der Waals surface area (Å²) in [4.78, 5) is 16.7. The molecule has 0 aliphatic carbocycles. The molecular formula is C22H10ClF5N2O2. The van der Waals surface area contributed by atoms with E-state index in [1.54, 1.807) is 0 Å². The summed E-state index contributed by atoms with van der Waals surface area (Å²) in [5.74, 6) is -2.40. The molecule has 0 saturated carbocycles. The third kappa shape index (κ3) is 3.29. The van der Waals surface area contributed by atoms with E-state index in [9.17, 15) is 26.7 Å². The Hall–Kier alpha value is -3.46. The number of oxazole rings is 1. The molecule has 1 N–H and O–H groups in total. The summed E-state index contributed by atoms with van der Waals surface area (Å²) in [5.41, 5.74) is -0.244. The van der Waals surface area contributed by atoms with Crippen molar-refractivity contribution in [1.29, 1.82) is 0 Å². The Morgan fingerprint density at radius 1 is 1.00 bits per heavy atom. The molecule has 5 rings (SSSR count). The zero-order valence-corrected chi connectivity index (χ0v) is 16.5. The van der Waals surface area contributed by atoms with Crippen molar-refractivity contribution in [3.8, 4) is 11.5 Å². The van der Waals surface area contributed by atoms with Crippen molar-refractivity contribution in [2.45, 2.75) is 12.2 Å². The maximum Gasteiger partial charge on any atom is 0.416 e. The van der Waals surface area contributed by atoms with Crippen LogP contribution in [0.4, 0.5) is 22.0 Å². The highest BCUT2D eigenvalue weighted by molar-refractivity contribution is 6.31. The van der Waals surface area contributed by atoms with Crippen LogP contribution >= 0.6 is 11.6 Å². The van der Waals surface area contributed by atoms with Crippen LogP contribution in [0, 0.1) is 11.6 Å². The summed E-state index contributed by atoms with van der Waals surface area (Å²) in [6.07, 6.45) is -4.76. The Morgan fingerprint density at radius 3 is 2.53 bits per heavy atom. The van der Waals surface area contributed by atoms with Crippen LogP contribution in [0.25, 0.3) is 22.6 Å². The molecule has 1 unspecified atom stereocenters. The first-order valence-electron chi connectivity index (χ1n) is 9.19. The first-order valence-corrected chi connectivity index (χ1v) is 9.57. The molecule has 4 aromatic rings. The lowest BCUT2D eigenvalue weighted by molar-refractivity contribution is -0.137. The van der Waals surface area contributed by atoms with E-state index >= 15 is 0 Å². The molecule has 4 nitrogen and oxygen atoms in total. The van der Waals surface area contributed by atoms with Crippen LogP contribution in [-0.2, 0) is 6.18 Å². The van der Waals surface area contributed by atoms with Crippen molar-refractivity contribution in [3.63, 3.8) is 0 Å². The molecule has 1 atom stereocenters. The van der Waals surface area contributed by atoms with Crippen LogP contribution in [-0.4, -0.2) is 10.9 Å². The van der Waals surface area contributed by atoms with Crippen LogP contribution in [0.15, 0.2) is 52.9 Å². The number of halogens is 6. The van der Waals surface area contributed by atoms with Crippen molar-refractivity contribution >= 4 is 28.6 Å². The zero-order valence-electron chi connectivity index (χ0n) is 15.7. The fourth-order valence-electron chi connectivity index (χ4n) is 3.75. The number of aromatic nitrogens is 1. The average molecular weight is 465 g/mol. The van der Waals surface area contributed by atoms with Gasteiger partial charge in [0, 0.05) is 27.3 Å². The number of benzene rings is 3. The van der Waals surface area contributed by atoms with Crippen LogP contribution in [0.2, 0.25) is 5.02 Å². The van der Waals surface area contributed by atoms with Crippen LogP contribution in [0.5, 0.6) is 0 Å². The molecule has 1 aromatic heterocycles. The van der Waals surface area contributed by atoms with Crippen molar-refractivity contribution in [2.24, 2.45) is 0 Å². The zero-order chi connectivity index (χ0) is 22.8. The third-order valence-corrected chi connectivity index (χ3v) is 5.49. The van der Waals surface area contributed by atoms with Crippen molar-refractivity contribution < 1.29 is 31.2 Å². The fraction of sp³-hybridized carbons (Fsp3) is 0.0909. The molecule has 0 fully saturated rings. The number of alkyl halides is 3. The minimum atomic E-state index is -4.76. The van der Waals surface area contributed by atoms with E-state index in [0.717, 1.165) is 12.1 Å². The number of nitrogens with one attached hydrogen (secondary N) is 1. The first-order chi connectivity index (χ1) is 15.1. The minimum absolute atomic E-state index is 0.158. The lowest BCUT2D eigenvalue weighted by Gasteiger charge is -2.14. The second-order valence-electron chi connectivity index (χ2n) is 7.19. The molecule has 32 heavy (non-hydrogen) atoms. The third-order valence-electron chi connectivity index (χ3n) is 5.15. The van der Waals surface area contributed by atoms with Gasteiger partial charge in [0.1, 0.15) is 17.2 Å². The van der Waals surface area contributed by atoms with Gasteiger partial charge in [0.25, 0.3) is 5.91 Å². The minimum Gasteiger partial charge on any atom is -0.436 e. The number of carbonyl (C=O) groups is 1. The number of hydrogen-bond acceptors (Lipinski definition) is 3. The maximum absolute atomic E-state index is 13.9. The fourth-order valence-corrected chi connectivity index (χ4v) is 3.98. The smallest absolute Gasteiger partial charge is 0.416 e. The molecule has 1 aliphatic rings. The normalized spacial score (nSPS) is 15.8. The second-order valence-corrected chi connectivity index (χ2v) is 7.60. The number of hydrogen-bond donors (Lipinski definition) is 1. The number of amides is 1. The van der Waals surface area contributed by atoms with E-state index in [4.69, 9.17) is 16.0 Å². The van der Waals surface area contributed by atoms with Gasteiger partial charge >= 0.3 is 6.18 Å². The molecule has 1 aliphatic heterocycles. The number of rotatable bonds is 2. The quantitative estimate of drug-likeness (QED) is 0.355. The standard InChI is InChI=1S/C22H10ClF5N2O2/c23-15-3-1-11(24)8-14(15)18-17-13(20(31)29-18)2-4-16-19(17)30-21(32-16)9-5-10(22(26,27)28)7-12(25)6-9/h1-8,18H,(H,29,31). The predicted octanol–water partition coefficient (Wildman–Crippen LogP) is 6.28. The van der Waals surface area contributed by atoms with Gasteiger partial charge in [-0.25, -0.2) is 13.8 Å². The van der Waals surface area contributed by atoms with Gasteiger partial charge in [-0.2, -0.15) is 13.2 Å². The Kier molecular flexibility index (Phi) is 4.49. The maximum atomic E-state index is 13.9. The van der Waals surface area contributed by atoms with E-state index in [1.807, 2.05) is 0 Å². The SMILES string of the molecule is O=C1NC(c2cc(F)ccc2Cl)c2c1ccc1oc(-c3cc(F)cc(C(F)(F)F)c3)nc21. The molecule has 0 bridgehead atoms. The van der Waals surface area contributed by atoms with Gasteiger partial charge < -0.3 is 9.73 Å². The predicted molar refractivity (Wildman–Crippen MR) is 105 cm³/mol. The Balaban J connectivity index is 1.70. The Bertz CT molecular complexity index is 1410. The van der Waals surface area contributed by atoms with Crippen LogP contribution < -0.4 is 5.32 Å². The summed E-state index contributed by atoms with van der Waals surface area (Å²) in [7, 11) is 0. The van der Waals surface area contributed by atoms with Gasteiger partial charge in [-0.15, -0.1) is 0 Å². The van der Waals surface area contributed by atoms with Gasteiger partial charge in [-0.05, 0) is 48.5 Å². The summed E-state index contributed by atoms with van der Waals surface area (Å²) < 4.78 is 72.6. The monoisotopic (exact) mass is 464 g/mol. The molecule has 0 spiro atoms. The van der Waals surface area contributed by atoms with Crippen LogP contribution in [0.3, 0.4) is 0 Å². The van der Waals surface area contributed by atoms with Gasteiger partial charge in [0.05, 0.1) is 11.6 Å². The summed E-state index contributed by atoms with van der Waals surface area (Å²) in [6, 6.07) is 7.67. The first kappa shape index (κ1) is 20.4. The molecule has 0 saturated heterocycles. The lowest BCUT2D eigenvalue weighted by Crippen LogP contribution is -2.20. The molecule has 0 radical (unpaired) electrons. The van der Waals surface area contributed by atoms with E-state index in [1.165, 1.54) is 30.3 Å². The largest absolute Gasteiger partial charge is 0.436 e. The Labute approximate surface area is 181 Å². The average Bonchev–Trinajstić information content (AvgIpc) is 3.30. The summed E-state index contributed by atoms with van der Waals surface area (Å²) in [6.45, 7) is 0. The molecule has 3 aromatic carbocycles. The van der Waals surface area contributed by atoms with E-state index < -0.39 is 35.3 Å². The highest BCUT2D eigenvalue weighted by atomic mass is 35.5. The van der Waals surface area contributed by atoms with Crippen molar-refractivity contribution in [3.05, 3.63) is 87.4 Å². The Morgan fingerprint density at radius 2 is 1.78 bits per heavy atom. The molecular weight excluding hydrogens is 455 g/mol. The van der Waals surface area contributed by atoms with Gasteiger partial charge in [0.15, 0.2) is 5.58 Å². The molecule has 1 amide bonds. The molecule has 2 heterocycles. The van der Waals surface area contributed by atoms with Crippen molar-refractivity contribution in [2.75, 3.05) is 0 Å². The topological polar surface area (TPSA) is 55.1 Å².